The van der Waals surface area contributed by atoms with Crippen LogP contribution in [0.4, 0.5) is 13.2 Å². The van der Waals surface area contributed by atoms with Crippen LogP contribution in [0.1, 0.15) is 33.3 Å². The van der Waals surface area contributed by atoms with Gasteiger partial charge in [0.1, 0.15) is 11.8 Å². The standard InChI is InChI=1S/C19H14F3NO3/c1-26-18(25)12-8-6-11(7-9-12)17(24)14-10-16(19(20,21)22)23-15-5-3-2-4-13(14)15/h2-10,17,24H,1H3. The number of ether oxygens (including phenoxy) is 1. The van der Waals surface area contributed by atoms with Crippen LogP contribution >= 0.6 is 0 Å². The van der Waals surface area contributed by atoms with Gasteiger partial charge < -0.3 is 9.84 Å². The Hall–Kier alpha value is -2.93. The van der Waals surface area contributed by atoms with Crippen LogP contribution in [0.5, 0.6) is 0 Å². The third kappa shape index (κ3) is 3.39. The second kappa shape index (κ2) is 6.76. The largest absolute Gasteiger partial charge is 0.465 e. The molecule has 1 heterocycles. The number of aromatic nitrogens is 1. The first-order valence-corrected chi connectivity index (χ1v) is 7.64. The summed E-state index contributed by atoms with van der Waals surface area (Å²) in [6.45, 7) is 0. The lowest BCUT2D eigenvalue weighted by Gasteiger charge is -2.17. The van der Waals surface area contributed by atoms with Crippen molar-refractivity contribution in [2.24, 2.45) is 0 Å². The van der Waals surface area contributed by atoms with E-state index in [-0.39, 0.29) is 16.6 Å². The van der Waals surface area contributed by atoms with E-state index in [1.165, 1.54) is 37.4 Å². The molecule has 134 valence electrons. The van der Waals surface area contributed by atoms with Gasteiger partial charge in [-0.25, -0.2) is 9.78 Å². The number of nitrogens with zero attached hydrogens (tertiary/aromatic N) is 1. The minimum absolute atomic E-state index is 0.0914. The second-order valence-corrected chi connectivity index (χ2v) is 5.63. The third-order valence-electron chi connectivity index (χ3n) is 3.98. The van der Waals surface area contributed by atoms with E-state index in [2.05, 4.69) is 9.72 Å². The van der Waals surface area contributed by atoms with Crippen LogP contribution in [0.2, 0.25) is 0 Å². The minimum atomic E-state index is -4.63. The summed E-state index contributed by atoms with van der Waals surface area (Å²) in [6.07, 6.45) is -5.94. The van der Waals surface area contributed by atoms with Crippen molar-refractivity contribution in [3.63, 3.8) is 0 Å². The normalized spacial score (nSPS) is 12.8. The highest BCUT2D eigenvalue weighted by Crippen LogP contribution is 2.34. The van der Waals surface area contributed by atoms with E-state index in [0.717, 1.165) is 6.07 Å². The van der Waals surface area contributed by atoms with Gasteiger partial charge in [0.05, 0.1) is 18.2 Å². The van der Waals surface area contributed by atoms with Crippen LogP contribution in [0.3, 0.4) is 0 Å². The van der Waals surface area contributed by atoms with Crippen LogP contribution < -0.4 is 0 Å². The van der Waals surface area contributed by atoms with Crippen LogP contribution in [0, 0.1) is 0 Å². The molecule has 0 saturated heterocycles. The molecule has 1 N–H and O–H groups in total. The van der Waals surface area contributed by atoms with Crippen LogP contribution in [0.15, 0.2) is 54.6 Å². The number of alkyl halides is 3. The first kappa shape index (κ1) is 17.9. The molecule has 3 aromatic rings. The molecule has 0 radical (unpaired) electrons. The van der Waals surface area contributed by atoms with E-state index in [1.54, 1.807) is 18.2 Å². The molecule has 1 aromatic heterocycles. The summed E-state index contributed by atoms with van der Waals surface area (Å²) in [4.78, 5) is 15.1. The van der Waals surface area contributed by atoms with Gasteiger partial charge in [0.2, 0.25) is 0 Å². The average Bonchev–Trinajstić information content (AvgIpc) is 2.65. The lowest BCUT2D eigenvalue weighted by atomic mass is 9.96. The van der Waals surface area contributed by atoms with E-state index in [9.17, 15) is 23.1 Å². The van der Waals surface area contributed by atoms with Crippen LogP contribution in [-0.2, 0) is 10.9 Å². The lowest BCUT2D eigenvalue weighted by Crippen LogP contribution is -2.11. The van der Waals surface area contributed by atoms with E-state index >= 15 is 0 Å². The molecule has 2 aromatic carbocycles. The molecule has 0 amide bonds. The number of halogens is 3. The van der Waals surface area contributed by atoms with Crippen molar-refractivity contribution >= 4 is 16.9 Å². The number of esters is 1. The van der Waals surface area contributed by atoms with Gasteiger partial charge in [-0.2, -0.15) is 13.2 Å². The molecule has 26 heavy (non-hydrogen) atoms. The molecule has 0 aliphatic carbocycles. The Bertz CT molecular complexity index is 952. The van der Waals surface area contributed by atoms with E-state index in [0.29, 0.717) is 10.9 Å². The molecule has 0 bridgehead atoms. The molecule has 0 fully saturated rings. The fraction of sp³-hybridized carbons (Fsp3) is 0.158. The van der Waals surface area contributed by atoms with E-state index in [1.807, 2.05) is 0 Å². The van der Waals surface area contributed by atoms with Gasteiger partial charge in [-0.05, 0) is 35.4 Å². The smallest absolute Gasteiger partial charge is 0.433 e. The van der Waals surface area contributed by atoms with Crippen molar-refractivity contribution in [2.75, 3.05) is 7.11 Å². The second-order valence-electron chi connectivity index (χ2n) is 5.63. The summed E-state index contributed by atoms with van der Waals surface area (Å²) in [7, 11) is 1.24. The Kier molecular flexibility index (Phi) is 4.65. The maximum absolute atomic E-state index is 13.1. The maximum atomic E-state index is 13.1. The van der Waals surface area contributed by atoms with Crippen LogP contribution in [-0.4, -0.2) is 23.2 Å². The van der Waals surface area contributed by atoms with Crippen molar-refractivity contribution in [2.45, 2.75) is 12.3 Å². The predicted octanol–water partition coefficient (Wildman–Crippen LogP) is 4.12. The zero-order chi connectivity index (χ0) is 18.9. The quantitative estimate of drug-likeness (QED) is 0.713. The summed E-state index contributed by atoms with van der Waals surface area (Å²) < 4.78 is 44.0. The fourth-order valence-corrected chi connectivity index (χ4v) is 2.67. The number of benzene rings is 2. The summed E-state index contributed by atoms with van der Waals surface area (Å²) >= 11 is 0. The molecule has 4 nitrogen and oxygen atoms in total. The number of rotatable bonds is 3. The SMILES string of the molecule is COC(=O)c1ccc(C(O)c2cc(C(F)(F)F)nc3ccccc23)cc1. The summed E-state index contributed by atoms with van der Waals surface area (Å²) in [5, 5.41) is 11.1. The highest BCUT2D eigenvalue weighted by Gasteiger charge is 2.34. The number of para-hydroxylation sites is 1. The molecule has 0 saturated carbocycles. The number of hydrogen-bond acceptors (Lipinski definition) is 4. The molecule has 3 rings (SSSR count). The van der Waals surface area contributed by atoms with Crippen LogP contribution in [0.25, 0.3) is 10.9 Å². The monoisotopic (exact) mass is 361 g/mol. The molecular weight excluding hydrogens is 347 g/mol. The molecule has 1 unspecified atom stereocenters. The van der Waals surface area contributed by atoms with Gasteiger partial charge in [-0.1, -0.05) is 30.3 Å². The fourth-order valence-electron chi connectivity index (χ4n) is 2.67. The number of hydrogen-bond donors (Lipinski definition) is 1. The van der Waals surface area contributed by atoms with Gasteiger partial charge >= 0.3 is 12.1 Å². The molecule has 0 aliphatic rings. The Morgan fingerprint density at radius 1 is 1.12 bits per heavy atom. The van der Waals surface area contributed by atoms with Gasteiger partial charge in [-0.3, -0.25) is 0 Å². The number of pyridine rings is 1. The maximum Gasteiger partial charge on any atom is 0.433 e. The first-order valence-electron chi connectivity index (χ1n) is 7.64. The topological polar surface area (TPSA) is 59.4 Å². The van der Waals surface area contributed by atoms with Gasteiger partial charge in [0.15, 0.2) is 0 Å². The van der Waals surface area contributed by atoms with Gasteiger partial charge in [0.25, 0.3) is 0 Å². The number of aliphatic hydroxyl groups excluding tert-OH is 1. The van der Waals surface area contributed by atoms with Crippen molar-refractivity contribution in [3.8, 4) is 0 Å². The first-order chi connectivity index (χ1) is 12.3. The lowest BCUT2D eigenvalue weighted by molar-refractivity contribution is -0.141. The number of carbonyl (C=O) groups is 1. The van der Waals surface area contributed by atoms with E-state index < -0.39 is 23.9 Å². The molecule has 1 atom stereocenters. The molecule has 7 heteroatoms. The highest BCUT2D eigenvalue weighted by molar-refractivity contribution is 5.89. The Labute approximate surface area is 146 Å². The van der Waals surface area contributed by atoms with Crippen molar-refractivity contribution in [1.29, 1.82) is 0 Å². The predicted molar refractivity (Wildman–Crippen MR) is 88.6 cm³/mol. The number of carbonyl (C=O) groups excluding carboxylic acids is 1. The molecule has 0 aliphatic heterocycles. The Morgan fingerprint density at radius 3 is 2.38 bits per heavy atom. The zero-order valence-electron chi connectivity index (χ0n) is 13.6. The molecule has 0 spiro atoms. The molecular formula is C19H14F3NO3. The van der Waals surface area contributed by atoms with Crippen molar-refractivity contribution < 1.29 is 27.8 Å². The highest BCUT2D eigenvalue weighted by atomic mass is 19.4. The number of aliphatic hydroxyl groups is 1. The van der Waals surface area contributed by atoms with Crippen molar-refractivity contribution in [1.82, 2.24) is 4.98 Å². The van der Waals surface area contributed by atoms with E-state index in [4.69, 9.17) is 0 Å². The number of fused-ring (bicyclic) bond motifs is 1. The van der Waals surface area contributed by atoms with Gasteiger partial charge in [-0.15, -0.1) is 0 Å². The zero-order valence-corrected chi connectivity index (χ0v) is 13.6. The summed E-state index contributed by atoms with van der Waals surface area (Å²) in [5.41, 5.74) is -0.214. The minimum Gasteiger partial charge on any atom is -0.465 e. The van der Waals surface area contributed by atoms with Crippen molar-refractivity contribution in [3.05, 3.63) is 77.0 Å². The van der Waals surface area contributed by atoms with Gasteiger partial charge in [0, 0.05) is 5.39 Å². The Morgan fingerprint density at radius 2 is 1.77 bits per heavy atom. The number of methoxy groups -OCH3 is 1. The summed E-state index contributed by atoms with van der Waals surface area (Å²) in [6, 6.07) is 13.0. The summed E-state index contributed by atoms with van der Waals surface area (Å²) in [5.74, 6) is -0.542. The average molecular weight is 361 g/mol. The third-order valence-corrected chi connectivity index (χ3v) is 3.98. The Balaban J connectivity index is 2.10.